The molecule has 1 heterocycles. The van der Waals surface area contributed by atoms with Crippen molar-refractivity contribution in [3.63, 3.8) is 0 Å². The van der Waals surface area contributed by atoms with Crippen LogP contribution in [0.1, 0.15) is 28.8 Å². The summed E-state index contributed by atoms with van der Waals surface area (Å²) in [4.78, 5) is 27.7. The molecule has 3 aromatic rings. The minimum absolute atomic E-state index is 0.0452. The number of nitrogens with one attached hydrogen (secondary N) is 1. The van der Waals surface area contributed by atoms with Crippen LogP contribution in [-0.4, -0.2) is 27.9 Å². The number of nitrogens with two attached hydrogens (primary N) is 2. The zero-order valence-corrected chi connectivity index (χ0v) is 16.2. The van der Waals surface area contributed by atoms with E-state index in [2.05, 4.69) is 10.3 Å². The van der Waals surface area contributed by atoms with Gasteiger partial charge in [-0.15, -0.1) is 0 Å². The first-order valence-electron chi connectivity index (χ1n) is 9.30. The van der Waals surface area contributed by atoms with Gasteiger partial charge in [-0.2, -0.15) is 0 Å². The number of hydrogen-bond acceptors (Lipinski definition) is 5. The zero-order valence-electron chi connectivity index (χ0n) is 16.2. The van der Waals surface area contributed by atoms with Crippen molar-refractivity contribution in [3.8, 4) is 0 Å². The number of aryl methyl sites for hydroxylation is 1. The quantitative estimate of drug-likeness (QED) is 0.487. The summed E-state index contributed by atoms with van der Waals surface area (Å²) in [5.74, 6) is -1.08. The van der Waals surface area contributed by atoms with E-state index in [1.54, 1.807) is 6.07 Å². The van der Waals surface area contributed by atoms with Crippen molar-refractivity contribution in [3.05, 3.63) is 70.9 Å². The summed E-state index contributed by atoms with van der Waals surface area (Å²) in [5.41, 5.74) is 15.9. The molecule has 0 aliphatic carbocycles. The van der Waals surface area contributed by atoms with Gasteiger partial charge in [-0.25, -0.2) is 0 Å². The highest BCUT2D eigenvalue weighted by Crippen LogP contribution is 2.24. The molecule has 150 valence electrons. The zero-order chi connectivity index (χ0) is 21.0. The molecule has 0 radical (unpaired) electrons. The summed E-state index contributed by atoms with van der Waals surface area (Å²) in [6.45, 7) is 1.86. The van der Waals surface area contributed by atoms with Crippen LogP contribution < -0.4 is 16.8 Å². The van der Waals surface area contributed by atoms with Crippen molar-refractivity contribution >= 4 is 28.4 Å². The van der Waals surface area contributed by atoms with E-state index in [1.807, 2.05) is 49.4 Å². The number of para-hydroxylation sites is 1. The molecular formula is C22H24N4O3. The fourth-order valence-electron chi connectivity index (χ4n) is 3.32. The van der Waals surface area contributed by atoms with Gasteiger partial charge >= 0.3 is 0 Å². The summed E-state index contributed by atoms with van der Waals surface area (Å²) in [7, 11) is 0. The van der Waals surface area contributed by atoms with Gasteiger partial charge in [0.1, 0.15) is 0 Å². The van der Waals surface area contributed by atoms with E-state index >= 15 is 0 Å². The van der Waals surface area contributed by atoms with E-state index in [0.29, 0.717) is 12.1 Å². The molecule has 0 fully saturated rings. The summed E-state index contributed by atoms with van der Waals surface area (Å²) in [5, 5.41) is 13.3. The molecule has 7 heteroatoms. The lowest BCUT2D eigenvalue weighted by Gasteiger charge is -2.13. The molecule has 29 heavy (non-hydrogen) atoms. The number of nitrogens with zero attached hydrogens (tertiary/aromatic N) is 1. The van der Waals surface area contributed by atoms with Gasteiger partial charge < -0.3 is 21.9 Å². The maximum Gasteiger partial charge on any atom is 0.241 e. The number of pyridine rings is 1. The van der Waals surface area contributed by atoms with E-state index in [0.717, 1.165) is 33.3 Å². The third-order valence-electron chi connectivity index (χ3n) is 4.65. The van der Waals surface area contributed by atoms with Gasteiger partial charge in [-0.05, 0) is 48.2 Å². The first-order valence-corrected chi connectivity index (χ1v) is 9.30. The largest absolute Gasteiger partial charge is 0.392 e. The van der Waals surface area contributed by atoms with Gasteiger partial charge in [0.05, 0.1) is 24.6 Å². The number of carbonyl (C=O) groups excluding carboxylic acids is 2. The monoisotopic (exact) mass is 392 g/mol. The van der Waals surface area contributed by atoms with Crippen LogP contribution in [0.3, 0.4) is 0 Å². The molecule has 0 aliphatic rings. The van der Waals surface area contributed by atoms with E-state index in [-0.39, 0.29) is 13.0 Å². The van der Waals surface area contributed by atoms with Crippen LogP contribution in [0.4, 0.5) is 5.69 Å². The van der Waals surface area contributed by atoms with Gasteiger partial charge in [-0.3, -0.25) is 14.6 Å². The predicted octanol–water partition coefficient (Wildman–Crippen LogP) is 1.77. The van der Waals surface area contributed by atoms with Crippen LogP contribution in [0.2, 0.25) is 0 Å². The number of benzene rings is 2. The molecule has 1 aromatic heterocycles. The average molecular weight is 392 g/mol. The van der Waals surface area contributed by atoms with Crippen molar-refractivity contribution in [2.24, 2.45) is 11.5 Å². The Kier molecular flexibility index (Phi) is 6.21. The van der Waals surface area contributed by atoms with Crippen molar-refractivity contribution in [1.29, 1.82) is 0 Å². The minimum Gasteiger partial charge on any atom is -0.392 e. The third-order valence-corrected chi connectivity index (χ3v) is 4.65. The number of aliphatic hydroxyl groups excluding tert-OH is 1. The fraction of sp³-hybridized carbons (Fsp3) is 0.227. The Bertz CT molecular complexity index is 1070. The number of rotatable bonds is 7. The highest BCUT2D eigenvalue weighted by molar-refractivity contribution is 5.97. The molecule has 0 saturated carbocycles. The standard InChI is InChI=1S/C22H24N4O3/c1-13-8-16(12-27)18-7-3-5-15(21(18)25-13)9-14-4-2-6-17(10-14)26-22(29)19(23)11-20(24)28/h2-8,10,19,27H,9,11-12,23H2,1H3,(H2,24,28)(H,26,29)/t19-/m0/s1. The second-order valence-electron chi connectivity index (χ2n) is 7.04. The van der Waals surface area contributed by atoms with E-state index < -0.39 is 17.9 Å². The van der Waals surface area contributed by atoms with Crippen LogP contribution in [0.25, 0.3) is 10.9 Å². The van der Waals surface area contributed by atoms with Crippen LogP contribution >= 0.6 is 0 Å². The smallest absolute Gasteiger partial charge is 0.241 e. The third kappa shape index (κ3) is 4.96. The van der Waals surface area contributed by atoms with Crippen molar-refractivity contribution in [1.82, 2.24) is 4.98 Å². The molecule has 7 nitrogen and oxygen atoms in total. The number of aliphatic hydroxyl groups is 1. The van der Waals surface area contributed by atoms with Gasteiger partial charge in [0.2, 0.25) is 11.8 Å². The summed E-state index contributed by atoms with van der Waals surface area (Å²) in [6, 6.07) is 14.2. The lowest BCUT2D eigenvalue weighted by atomic mass is 9.99. The Labute approximate surface area is 168 Å². The maximum atomic E-state index is 12.1. The first kappa shape index (κ1) is 20.4. The van der Waals surface area contributed by atoms with Crippen LogP contribution in [0.5, 0.6) is 0 Å². The van der Waals surface area contributed by atoms with E-state index in [1.165, 1.54) is 0 Å². The molecule has 0 spiro atoms. The highest BCUT2D eigenvalue weighted by atomic mass is 16.3. The van der Waals surface area contributed by atoms with Crippen LogP contribution in [0.15, 0.2) is 48.5 Å². The maximum absolute atomic E-state index is 12.1. The Balaban J connectivity index is 1.85. The minimum atomic E-state index is -0.988. The number of primary amides is 1. The van der Waals surface area contributed by atoms with Gasteiger partial charge in [0.25, 0.3) is 0 Å². The average Bonchev–Trinajstić information content (AvgIpc) is 2.67. The number of fused-ring (bicyclic) bond motifs is 1. The summed E-state index contributed by atoms with van der Waals surface area (Å²) < 4.78 is 0. The lowest BCUT2D eigenvalue weighted by molar-refractivity contribution is -0.123. The van der Waals surface area contributed by atoms with Gasteiger partial charge in [0, 0.05) is 16.8 Å². The predicted molar refractivity (Wildman–Crippen MR) is 112 cm³/mol. The Morgan fingerprint density at radius 3 is 2.62 bits per heavy atom. The van der Waals surface area contributed by atoms with Crippen molar-refractivity contribution in [2.75, 3.05) is 5.32 Å². The number of amides is 2. The second kappa shape index (κ2) is 8.81. The van der Waals surface area contributed by atoms with Crippen LogP contribution in [0, 0.1) is 6.92 Å². The molecule has 6 N–H and O–H groups in total. The lowest BCUT2D eigenvalue weighted by Crippen LogP contribution is -2.39. The molecular weight excluding hydrogens is 368 g/mol. The Morgan fingerprint density at radius 1 is 1.14 bits per heavy atom. The fourth-order valence-corrected chi connectivity index (χ4v) is 3.32. The highest BCUT2D eigenvalue weighted by Gasteiger charge is 2.16. The van der Waals surface area contributed by atoms with Crippen LogP contribution in [-0.2, 0) is 22.6 Å². The Hall–Kier alpha value is -3.29. The molecule has 0 aliphatic heterocycles. The molecule has 3 rings (SSSR count). The summed E-state index contributed by atoms with van der Waals surface area (Å²) >= 11 is 0. The topological polar surface area (TPSA) is 131 Å². The normalized spacial score (nSPS) is 12.0. The molecule has 0 saturated heterocycles. The number of anilines is 1. The van der Waals surface area contributed by atoms with Crippen molar-refractivity contribution in [2.45, 2.75) is 32.4 Å². The number of carbonyl (C=O) groups is 2. The SMILES string of the molecule is Cc1cc(CO)c2cccc(Cc3cccc(NC(=O)[C@@H](N)CC(N)=O)c3)c2n1. The van der Waals surface area contributed by atoms with E-state index in [9.17, 15) is 14.7 Å². The molecule has 0 unspecified atom stereocenters. The molecule has 1 atom stereocenters. The second-order valence-corrected chi connectivity index (χ2v) is 7.04. The molecule has 2 amide bonds. The molecule has 2 aromatic carbocycles. The van der Waals surface area contributed by atoms with Gasteiger partial charge in [0.15, 0.2) is 0 Å². The number of aromatic nitrogens is 1. The first-order chi connectivity index (χ1) is 13.9. The van der Waals surface area contributed by atoms with E-state index in [4.69, 9.17) is 11.5 Å². The Morgan fingerprint density at radius 2 is 1.90 bits per heavy atom. The summed E-state index contributed by atoms with van der Waals surface area (Å²) in [6.07, 6.45) is 0.398. The molecule has 0 bridgehead atoms. The number of hydrogen-bond donors (Lipinski definition) is 4. The van der Waals surface area contributed by atoms with Gasteiger partial charge in [-0.1, -0.05) is 30.3 Å². The van der Waals surface area contributed by atoms with Crippen molar-refractivity contribution < 1.29 is 14.7 Å².